The second kappa shape index (κ2) is 9.71. The zero-order chi connectivity index (χ0) is 28.2. The van der Waals surface area contributed by atoms with Crippen LogP contribution in [-0.4, -0.2) is 64.8 Å². The van der Waals surface area contributed by atoms with Gasteiger partial charge in [-0.05, 0) is 49.1 Å². The first kappa shape index (κ1) is 26.5. The van der Waals surface area contributed by atoms with E-state index in [0.717, 1.165) is 16.8 Å². The van der Waals surface area contributed by atoms with Crippen molar-refractivity contribution in [1.82, 2.24) is 4.90 Å². The molecule has 4 aliphatic rings. The molecule has 40 heavy (non-hydrogen) atoms. The quantitative estimate of drug-likeness (QED) is 0.460. The number of carbonyl (C=O) groups is 3. The molecule has 1 spiro atoms. The van der Waals surface area contributed by atoms with E-state index in [1.807, 2.05) is 87.5 Å². The molecule has 4 heterocycles. The average Bonchev–Trinajstić information content (AvgIpc) is 3.23. The highest BCUT2D eigenvalue weighted by Gasteiger charge is 2.76. The first-order valence-electron chi connectivity index (χ1n) is 13.9. The first-order chi connectivity index (χ1) is 19.3. The number of aliphatic hydroxyl groups is 1. The highest BCUT2D eigenvalue weighted by Crippen LogP contribution is 2.59. The van der Waals surface area contributed by atoms with Gasteiger partial charge >= 0.3 is 5.97 Å². The van der Waals surface area contributed by atoms with E-state index in [4.69, 9.17) is 9.47 Å². The average molecular weight is 543 g/mol. The van der Waals surface area contributed by atoms with E-state index >= 15 is 0 Å². The lowest BCUT2D eigenvalue weighted by Crippen LogP contribution is -2.57. The number of hydrogen-bond acceptors (Lipinski definition) is 6. The van der Waals surface area contributed by atoms with Gasteiger partial charge in [-0.2, -0.15) is 0 Å². The molecule has 208 valence electrons. The van der Waals surface area contributed by atoms with Crippen LogP contribution >= 0.6 is 0 Å². The van der Waals surface area contributed by atoms with E-state index in [9.17, 15) is 19.5 Å². The summed E-state index contributed by atoms with van der Waals surface area (Å²) in [6.07, 6.45) is 7.68. The lowest BCUT2D eigenvalue weighted by atomic mass is 9.73. The second-order valence-corrected chi connectivity index (χ2v) is 11.2. The van der Waals surface area contributed by atoms with Gasteiger partial charge in [-0.15, -0.1) is 0 Å². The van der Waals surface area contributed by atoms with Crippen LogP contribution in [0.1, 0.15) is 36.1 Å². The lowest BCUT2D eigenvalue weighted by Gasteiger charge is -2.40. The van der Waals surface area contributed by atoms with E-state index in [1.165, 1.54) is 4.90 Å². The number of fused-ring (bicyclic) bond motifs is 2. The Hall–Kier alpha value is -3.75. The van der Waals surface area contributed by atoms with Crippen LogP contribution in [0.25, 0.3) is 0 Å². The first-order valence-corrected chi connectivity index (χ1v) is 13.9. The monoisotopic (exact) mass is 542 g/mol. The van der Waals surface area contributed by atoms with Crippen LogP contribution in [0.4, 0.5) is 5.69 Å². The zero-order valence-electron chi connectivity index (χ0n) is 22.9. The van der Waals surface area contributed by atoms with Crippen molar-refractivity contribution in [3.05, 3.63) is 89.5 Å². The minimum atomic E-state index is -1.43. The summed E-state index contributed by atoms with van der Waals surface area (Å²) in [5.41, 5.74) is 0.843. The Labute approximate surface area is 233 Å². The summed E-state index contributed by atoms with van der Waals surface area (Å²) in [5, 5.41) is 10.7. The number of amides is 2. The number of rotatable bonds is 5. The Morgan fingerprint density at radius 2 is 1.77 bits per heavy atom. The lowest BCUT2D eigenvalue weighted by molar-refractivity contribution is -0.159. The number of hydrogen-bond donors (Lipinski definition) is 1. The minimum Gasteiger partial charge on any atom is -0.461 e. The molecule has 2 fully saturated rings. The number of aliphatic hydroxyl groups excluding tert-OH is 1. The molecular formula is C32H34N2O6. The number of anilines is 1. The van der Waals surface area contributed by atoms with E-state index < -0.39 is 53.6 Å². The molecule has 8 nitrogen and oxygen atoms in total. The van der Waals surface area contributed by atoms with Crippen molar-refractivity contribution in [2.45, 2.75) is 50.5 Å². The molecule has 1 N–H and O–H groups in total. The molecule has 8 heteroatoms. The number of ether oxygens (including phenoxy) is 2. The van der Waals surface area contributed by atoms with Crippen LogP contribution in [0.2, 0.25) is 0 Å². The number of nitrogens with zero attached hydrogens (tertiary/aromatic N) is 2. The third-order valence-electron chi connectivity index (χ3n) is 8.98. The van der Waals surface area contributed by atoms with Gasteiger partial charge in [0, 0.05) is 12.2 Å². The van der Waals surface area contributed by atoms with Gasteiger partial charge in [-0.1, -0.05) is 67.6 Å². The molecule has 6 atom stereocenters. The SMILES string of the molecule is CC[C@]12C=CCOC(=O)[C@H]1[C@H]1C(=O)N([C@H](CO)c3ccccc3)C3C(=O)N(c4cc(C)ccc4C)CC=C[C@@]31O2. The van der Waals surface area contributed by atoms with Gasteiger partial charge in [-0.3, -0.25) is 14.4 Å². The van der Waals surface area contributed by atoms with Crippen molar-refractivity contribution >= 4 is 23.5 Å². The van der Waals surface area contributed by atoms with Crippen LogP contribution in [0, 0.1) is 25.7 Å². The van der Waals surface area contributed by atoms with Crippen LogP contribution < -0.4 is 4.90 Å². The highest BCUT2D eigenvalue weighted by atomic mass is 16.6. The molecule has 2 aromatic rings. The summed E-state index contributed by atoms with van der Waals surface area (Å²) in [6, 6.07) is 13.2. The fourth-order valence-electron chi connectivity index (χ4n) is 7.13. The van der Waals surface area contributed by atoms with Gasteiger partial charge in [0.1, 0.15) is 29.8 Å². The van der Waals surface area contributed by atoms with Gasteiger partial charge < -0.3 is 24.4 Å². The Morgan fingerprint density at radius 3 is 2.50 bits per heavy atom. The van der Waals surface area contributed by atoms with E-state index in [0.29, 0.717) is 12.0 Å². The topological polar surface area (TPSA) is 96.4 Å². The zero-order valence-corrected chi connectivity index (χ0v) is 22.9. The van der Waals surface area contributed by atoms with Crippen LogP contribution in [0.5, 0.6) is 0 Å². The summed E-state index contributed by atoms with van der Waals surface area (Å²) in [7, 11) is 0. The van der Waals surface area contributed by atoms with Crippen LogP contribution in [0.15, 0.2) is 72.8 Å². The van der Waals surface area contributed by atoms with Gasteiger partial charge in [0.25, 0.3) is 5.91 Å². The Balaban J connectivity index is 1.57. The van der Waals surface area contributed by atoms with E-state index in [2.05, 4.69) is 0 Å². The Morgan fingerprint density at radius 1 is 1.00 bits per heavy atom. The van der Waals surface area contributed by atoms with Crippen molar-refractivity contribution < 1.29 is 29.0 Å². The van der Waals surface area contributed by atoms with E-state index in [-0.39, 0.29) is 19.1 Å². The van der Waals surface area contributed by atoms with Crippen molar-refractivity contribution in [2.75, 3.05) is 24.7 Å². The van der Waals surface area contributed by atoms with Gasteiger partial charge in [0.2, 0.25) is 5.91 Å². The third kappa shape index (κ3) is 3.69. The maximum absolute atomic E-state index is 14.8. The predicted octanol–water partition coefficient (Wildman–Crippen LogP) is 3.41. The van der Waals surface area contributed by atoms with Gasteiger partial charge in [-0.25, -0.2) is 0 Å². The Kier molecular flexibility index (Phi) is 6.43. The molecule has 2 saturated heterocycles. The molecule has 2 aromatic carbocycles. The smallest absolute Gasteiger partial charge is 0.313 e. The third-order valence-corrected chi connectivity index (χ3v) is 8.98. The number of likely N-dealkylation sites (tertiary alicyclic amines) is 1. The highest BCUT2D eigenvalue weighted by molar-refractivity contribution is 6.06. The molecule has 1 unspecified atom stereocenters. The van der Waals surface area contributed by atoms with Crippen LogP contribution in [-0.2, 0) is 23.9 Å². The molecule has 2 amide bonds. The van der Waals surface area contributed by atoms with Crippen molar-refractivity contribution in [2.24, 2.45) is 11.8 Å². The summed E-state index contributed by atoms with van der Waals surface area (Å²) < 4.78 is 12.4. The summed E-state index contributed by atoms with van der Waals surface area (Å²) in [4.78, 5) is 46.0. The fraction of sp³-hybridized carbons (Fsp3) is 0.406. The largest absolute Gasteiger partial charge is 0.461 e. The number of cyclic esters (lactones) is 1. The normalized spacial score (nSPS) is 31.8. The molecule has 0 bridgehead atoms. The van der Waals surface area contributed by atoms with E-state index in [1.54, 1.807) is 11.0 Å². The Bertz CT molecular complexity index is 1420. The minimum absolute atomic E-state index is 0.0972. The molecule has 0 aromatic heterocycles. The van der Waals surface area contributed by atoms with Crippen molar-refractivity contribution in [3.63, 3.8) is 0 Å². The second-order valence-electron chi connectivity index (χ2n) is 11.2. The summed E-state index contributed by atoms with van der Waals surface area (Å²) in [5.74, 6) is -3.16. The molecule has 6 rings (SSSR count). The summed E-state index contributed by atoms with van der Waals surface area (Å²) in [6.45, 7) is 5.81. The molecular weight excluding hydrogens is 508 g/mol. The molecule has 0 aliphatic carbocycles. The maximum atomic E-state index is 14.8. The number of carbonyl (C=O) groups excluding carboxylic acids is 3. The predicted molar refractivity (Wildman–Crippen MR) is 148 cm³/mol. The maximum Gasteiger partial charge on any atom is 0.313 e. The number of aryl methyl sites for hydroxylation is 2. The van der Waals surface area contributed by atoms with Crippen molar-refractivity contribution in [3.8, 4) is 0 Å². The molecule has 0 radical (unpaired) electrons. The number of esters is 1. The van der Waals surface area contributed by atoms with Gasteiger partial charge in [0.05, 0.1) is 18.6 Å². The van der Waals surface area contributed by atoms with Crippen LogP contribution in [0.3, 0.4) is 0 Å². The molecule has 4 aliphatic heterocycles. The molecule has 0 saturated carbocycles. The van der Waals surface area contributed by atoms with Crippen molar-refractivity contribution in [1.29, 1.82) is 0 Å². The number of benzene rings is 2. The fourth-order valence-corrected chi connectivity index (χ4v) is 7.13. The van der Waals surface area contributed by atoms with Gasteiger partial charge in [0.15, 0.2) is 0 Å². The standard InChI is InChI=1S/C32H34N2O6/c1-4-31-14-9-17-39-30(38)26(31)25-28(36)34(24(19-35)22-10-6-5-7-11-22)27-29(37)33(16-8-15-32(25,27)40-31)23-18-20(2)12-13-21(23)3/h5-15,18,24-27,35H,4,16-17,19H2,1-3H3/t24-,25+,26-,27?,31+,32+/m1/s1. The summed E-state index contributed by atoms with van der Waals surface area (Å²) >= 11 is 0.